The lowest BCUT2D eigenvalue weighted by molar-refractivity contribution is 0.641. The minimum atomic E-state index is 0.284. The summed E-state index contributed by atoms with van der Waals surface area (Å²) in [6.07, 6.45) is 3.31. The molecule has 0 spiro atoms. The van der Waals surface area contributed by atoms with E-state index in [9.17, 15) is 0 Å². The predicted molar refractivity (Wildman–Crippen MR) is 102 cm³/mol. The third-order valence-electron chi connectivity index (χ3n) is 2.80. The van der Waals surface area contributed by atoms with Gasteiger partial charge in [0.05, 0.1) is 18.4 Å². The third kappa shape index (κ3) is 4.66. The zero-order chi connectivity index (χ0) is 17.7. The summed E-state index contributed by atoms with van der Waals surface area (Å²) in [6, 6.07) is 7.13. The maximum absolute atomic E-state index is 6.00. The fourth-order valence-corrected chi connectivity index (χ4v) is 1.88. The van der Waals surface area contributed by atoms with Crippen molar-refractivity contribution in [3.05, 3.63) is 40.7 Å². The Labute approximate surface area is 146 Å². The number of aliphatic imine (C=N–C) groups is 4. The smallest absolute Gasteiger partial charge is 0.183 e. The Kier molecular flexibility index (Phi) is 5.70. The summed E-state index contributed by atoms with van der Waals surface area (Å²) in [5.74, 6) is 0.700. The molecule has 0 aliphatic carbocycles. The van der Waals surface area contributed by atoms with Crippen molar-refractivity contribution in [3.8, 4) is 0 Å². The molecular weight excluding hydrogens is 326 g/mol. The van der Waals surface area contributed by atoms with Crippen molar-refractivity contribution in [3.63, 3.8) is 0 Å². The fourth-order valence-electron chi connectivity index (χ4n) is 1.76. The van der Waals surface area contributed by atoms with E-state index in [0.717, 1.165) is 0 Å². The van der Waals surface area contributed by atoms with Crippen molar-refractivity contribution in [2.45, 2.75) is 0 Å². The van der Waals surface area contributed by atoms with Crippen LogP contribution in [0.1, 0.15) is 0 Å². The molecule has 0 amide bonds. The third-order valence-corrected chi connectivity index (χ3v) is 3.05. The highest BCUT2D eigenvalue weighted by atomic mass is 35.5. The molecule has 1 aliphatic heterocycles. The molecule has 1 heterocycles. The number of nitrogens with zero attached hydrogens (tertiary/aromatic N) is 6. The molecule has 1 aromatic rings. The zero-order valence-corrected chi connectivity index (χ0v) is 14.9. The van der Waals surface area contributed by atoms with Crippen LogP contribution in [0.2, 0.25) is 5.02 Å². The second kappa shape index (κ2) is 7.74. The van der Waals surface area contributed by atoms with Crippen molar-refractivity contribution in [2.75, 3.05) is 28.2 Å². The highest BCUT2D eigenvalue weighted by Crippen LogP contribution is 2.23. The number of nitrogens with two attached hydrogens (primary N) is 1. The summed E-state index contributed by atoms with van der Waals surface area (Å²) in [5, 5.41) is 0.644. The number of amidine groups is 2. The summed E-state index contributed by atoms with van der Waals surface area (Å²) in [4.78, 5) is 21.2. The molecule has 0 bridgehead atoms. The number of hydrogen-bond acceptors (Lipinski definition) is 4. The number of halogens is 1. The lowest BCUT2D eigenvalue weighted by atomic mass is 10.3. The Morgan fingerprint density at radius 2 is 1.50 bits per heavy atom. The van der Waals surface area contributed by atoms with Gasteiger partial charge in [-0.2, -0.15) is 0 Å². The molecule has 1 aromatic carbocycles. The van der Waals surface area contributed by atoms with Gasteiger partial charge in [-0.25, -0.2) is 20.0 Å². The molecule has 7 nitrogen and oxygen atoms in total. The van der Waals surface area contributed by atoms with Crippen molar-refractivity contribution in [1.82, 2.24) is 9.80 Å². The first-order chi connectivity index (χ1) is 11.4. The fraction of sp³-hybridized carbons (Fsp3) is 0.250. The molecule has 0 aromatic heterocycles. The Hall–Kier alpha value is -2.67. The summed E-state index contributed by atoms with van der Waals surface area (Å²) >= 11 is 5.90. The van der Waals surface area contributed by atoms with Crippen LogP contribution in [0.15, 0.2) is 55.6 Å². The topological polar surface area (TPSA) is 81.9 Å². The molecule has 1 aliphatic rings. The van der Waals surface area contributed by atoms with Gasteiger partial charge in [-0.1, -0.05) is 11.6 Å². The van der Waals surface area contributed by atoms with Gasteiger partial charge in [0, 0.05) is 33.2 Å². The van der Waals surface area contributed by atoms with Gasteiger partial charge in [-0.05, 0) is 24.3 Å². The Morgan fingerprint density at radius 3 is 2.04 bits per heavy atom. The highest BCUT2D eigenvalue weighted by Gasteiger charge is 2.23. The van der Waals surface area contributed by atoms with Crippen LogP contribution in [0.25, 0.3) is 0 Å². The van der Waals surface area contributed by atoms with E-state index >= 15 is 0 Å². The molecule has 8 heteroatoms. The average molecular weight is 346 g/mol. The van der Waals surface area contributed by atoms with Crippen molar-refractivity contribution in [2.24, 2.45) is 25.7 Å². The first kappa shape index (κ1) is 17.7. The van der Waals surface area contributed by atoms with E-state index < -0.39 is 0 Å². The van der Waals surface area contributed by atoms with E-state index in [1.807, 2.05) is 38.0 Å². The summed E-state index contributed by atoms with van der Waals surface area (Å²) in [6.45, 7) is 0. The minimum Gasteiger partial charge on any atom is -0.382 e. The molecule has 0 radical (unpaired) electrons. The first-order valence-corrected chi connectivity index (χ1v) is 7.59. The lowest BCUT2D eigenvalue weighted by Crippen LogP contribution is -2.14. The van der Waals surface area contributed by atoms with Gasteiger partial charge in [0.15, 0.2) is 11.7 Å². The number of hydrogen-bond donors (Lipinski definition) is 1. The molecule has 0 saturated carbocycles. The van der Waals surface area contributed by atoms with Crippen LogP contribution in [0.5, 0.6) is 0 Å². The SMILES string of the molecule is CN(C)C=NC1=C(N=CN(C)C)C(=Nc2ccc(Cl)cc2)N=C1N. The van der Waals surface area contributed by atoms with Crippen molar-refractivity contribution < 1.29 is 0 Å². The van der Waals surface area contributed by atoms with E-state index in [0.29, 0.717) is 27.9 Å². The molecule has 0 saturated heterocycles. The Bertz CT molecular complexity index is 740. The summed E-state index contributed by atoms with van der Waals surface area (Å²) in [5.41, 5.74) is 7.73. The van der Waals surface area contributed by atoms with E-state index in [-0.39, 0.29) is 5.84 Å². The van der Waals surface area contributed by atoms with E-state index in [2.05, 4.69) is 20.0 Å². The van der Waals surface area contributed by atoms with E-state index in [1.165, 1.54) is 0 Å². The van der Waals surface area contributed by atoms with Gasteiger partial charge in [0.1, 0.15) is 11.4 Å². The van der Waals surface area contributed by atoms with Crippen LogP contribution >= 0.6 is 11.6 Å². The van der Waals surface area contributed by atoms with Crippen molar-refractivity contribution >= 4 is 41.6 Å². The van der Waals surface area contributed by atoms with Gasteiger partial charge in [-0.15, -0.1) is 0 Å². The quantitative estimate of drug-likeness (QED) is 0.655. The molecule has 0 fully saturated rings. The molecule has 2 rings (SSSR count). The van der Waals surface area contributed by atoms with Crippen LogP contribution in [0.4, 0.5) is 5.69 Å². The summed E-state index contributed by atoms with van der Waals surface area (Å²) in [7, 11) is 7.50. The molecule has 0 atom stereocenters. The van der Waals surface area contributed by atoms with Crippen LogP contribution in [-0.4, -0.2) is 62.3 Å². The standard InChI is InChI=1S/C16H20ClN7/c1-23(2)9-19-13-14(20-10-24(3)4)16(22-15(13)18)21-12-7-5-11(17)6-8-12/h5-10H,1-4H3,(H2,18,21,22). The number of benzene rings is 1. The van der Waals surface area contributed by atoms with Gasteiger partial charge in [0.2, 0.25) is 0 Å². The van der Waals surface area contributed by atoms with Gasteiger partial charge < -0.3 is 15.5 Å². The predicted octanol–water partition coefficient (Wildman–Crippen LogP) is 2.13. The average Bonchev–Trinajstić information content (AvgIpc) is 2.80. The van der Waals surface area contributed by atoms with Crippen LogP contribution in [-0.2, 0) is 0 Å². The largest absolute Gasteiger partial charge is 0.382 e. The van der Waals surface area contributed by atoms with Crippen LogP contribution in [0.3, 0.4) is 0 Å². The van der Waals surface area contributed by atoms with Crippen LogP contribution in [0, 0.1) is 0 Å². The molecule has 0 unspecified atom stereocenters. The van der Waals surface area contributed by atoms with Crippen LogP contribution < -0.4 is 5.73 Å². The highest BCUT2D eigenvalue weighted by molar-refractivity contribution is 6.30. The second-order valence-electron chi connectivity index (χ2n) is 5.52. The van der Waals surface area contributed by atoms with E-state index in [1.54, 1.807) is 36.9 Å². The Balaban J connectivity index is 2.47. The van der Waals surface area contributed by atoms with Crippen molar-refractivity contribution in [1.29, 1.82) is 0 Å². The maximum atomic E-state index is 6.00. The van der Waals surface area contributed by atoms with Gasteiger partial charge in [-0.3, -0.25) is 0 Å². The first-order valence-electron chi connectivity index (χ1n) is 7.21. The molecule has 24 heavy (non-hydrogen) atoms. The Morgan fingerprint density at radius 1 is 0.958 bits per heavy atom. The second-order valence-corrected chi connectivity index (χ2v) is 5.96. The van der Waals surface area contributed by atoms with Gasteiger partial charge >= 0.3 is 0 Å². The lowest BCUT2D eigenvalue weighted by Gasteiger charge is -2.05. The maximum Gasteiger partial charge on any atom is 0.183 e. The zero-order valence-electron chi connectivity index (χ0n) is 14.1. The summed E-state index contributed by atoms with van der Waals surface area (Å²) < 4.78 is 0. The molecular formula is C16H20ClN7. The normalized spacial score (nSPS) is 16.5. The molecule has 126 valence electrons. The monoisotopic (exact) mass is 345 g/mol. The molecule has 2 N–H and O–H groups in total. The van der Waals surface area contributed by atoms with E-state index in [4.69, 9.17) is 17.3 Å². The number of rotatable bonds is 5. The minimum absolute atomic E-state index is 0.284. The van der Waals surface area contributed by atoms with Gasteiger partial charge in [0.25, 0.3) is 0 Å².